The minimum Gasteiger partial charge on any atom is -0.326 e. The SMILES string of the molecule is CCn1nc(C)c(CCN=C(NC(=O)c2ccccc2Br)Nc2ccccc2)c1C. The molecule has 0 spiro atoms. The molecule has 3 aromatic rings. The monoisotopic (exact) mass is 467 g/mol. The smallest absolute Gasteiger partial charge is 0.259 e. The summed E-state index contributed by atoms with van der Waals surface area (Å²) in [5.74, 6) is 0.191. The van der Waals surface area contributed by atoms with Crippen LogP contribution < -0.4 is 10.6 Å². The van der Waals surface area contributed by atoms with Crippen molar-refractivity contribution < 1.29 is 4.79 Å². The van der Waals surface area contributed by atoms with Gasteiger partial charge in [-0.2, -0.15) is 5.10 Å². The van der Waals surface area contributed by atoms with Crippen molar-refractivity contribution in [2.75, 3.05) is 11.9 Å². The summed E-state index contributed by atoms with van der Waals surface area (Å²) in [7, 11) is 0. The second-order valence-electron chi connectivity index (χ2n) is 6.87. The van der Waals surface area contributed by atoms with Gasteiger partial charge in [-0.15, -0.1) is 0 Å². The van der Waals surface area contributed by atoms with Crippen molar-refractivity contribution in [2.45, 2.75) is 33.7 Å². The molecule has 0 radical (unpaired) electrons. The number of hydrogen-bond acceptors (Lipinski definition) is 3. The van der Waals surface area contributed by atoms with Gasteiger partial charge in [0.15, 0.2) is 0 Å². The molecule has 1 heterocycles. The Labute approximate surface area is 185 Å². The van der Waals surface area contributed by atoms with E-state index in [2.05, 4.69) is 50.5 Å². The number of hydrogen-bond donors (Lipinski definition) is 2. The summed E-state index contributed by atoms with van der Waals surface area (Å²) in [6.07, 6.45) is 0.753. The van der Waals surface area contributed by atoms with Crippen molar-refractivity contribution in [3.63, 3.8) is 0 Å². The Morgan fingerprint density at radius 2 is 1.80 bits per heavy atom. The van der Waals surface area contributed by atoms with Gasteiger partial charge in [0.05, 0.1) is 11.3 Å². The molecule has 0 fully saturated rings. The van der Waals surface area contributed by atoms with Gasteiger partial charge < -0.3 is 5.32 Å². The summed E-state index contributed by atoms with van der Waals surface area (Å²) >= 11 is 3.43. The highest BCUT2D eigenvalue weighted by molar-refractivity contribution is 9.10. The normalized spacial score (nSPS) is 11.4. The van der Waals surface area contributed by atoms with Gasteiger partial charge in [-0.05, 0) is 73.0 Å². The molecule has 0 aliphatic carbocycles. The molecule has 6 nitrogen and oxygen atoms in total. The first kappa shape index (κ1) is 21.8. The van der Waals surface area contributed by atoms with E-state index in [1.807, 2.05) is 60.1 Å². The number of nitrogens with zero attached hydrogens (tertiary/aromatic N) is 3. The van der Waals surface area contributed by atoms with Gasteiger partial charge >= 0.3 is 0 Å². The molecule has 0 unspecified atom stereocenters. The lowest BCUT2D eigenvalue weighted by Gasteiger charge is -2.12. The number of carbonyl (C=O) groups excluding carboxylic acids is 1. The number of halogens is 1. The molecule has 0 aliphatic heterocycles. The molecular weight excluding hydrogens is 442 g/mol. The first-order chi connectivity index (χ1) is 14.5. The summed E-state index contributed by atoms with van der Waals surface area (Å²) in [6.45, 7) is 7.57. The van der Waals surface area contributed by atoms with Gasteiger partial charge in [0.25, 0.3) is 5.91 Å². The third kappa shape index (κ3) is 5.36. The molecular formula is C23H26BrN5O. The van der Waals surface area contributed by atoms with Gasteiger partial charge in [-0.25, -0.2) is 0 Å². The Bertz CT molecular complexity index is 1040. The number of para-hydroxylation sites is 1. The summed E-state index contributed by atoms with van der Waals surface area (Å²) < 4.78 is 2.74. The summed E-state index contributed by atoms with van der Waals surface area (Å²) in [5.41, 5.74) is 4.81. The summed E-state index contributed by atoms with van der Waals surface area (Å²) in [5, 5.41) is 10.7. The predicted molar refractivity (Wildman–Crippen MR) is 125 cm³/mol. The molecule has 0 bridgehead atoms. The lowest BCUT2D eigenvalue weighted by atomic mass is 10.1. The highest BCUT2D eigenvalue weighted by Gasteiger charge is 2.13. The van der Waals surface area contributed by atoms with Crippen LogP contribution in [0.2, 0.25) is 0 Å². The van der Waals surface area contributed by atoms with Crippen LogP contribution >= 0.6 is 15.9 Å². The number of guanidine groups is 1. The maximum atomic E-state index is 12.8. The van der Waals surface area contributed by atoms with E-state index in [0.717, 1.165) is 28.8 Å². The molecule has 2 aromatic carbocycles. The van der Waals surface area contributed by atoms with Crippen LogP contribution in [-0.2, 0) is 13.0 Å². The van der Waals surface area contributed by atoms with Crippen molar-refractivity contribution in [3.05, 3.63) is 81.6 Å². The average Bonchev–Trinajstić information content (AvgIpc) is 3.02. The number of aromatic nitrogens is 2. The summed E-state index contributed by atoms with van der Waals surface area (Å²) in [4.78, 5) is 17.4. The fourth-order valence-corrected chi connectivity index (χ4v) is 3.74. The van der Waals surface area contributed by atoms with E-state index in [9.17, 15) is 4.79 Å². The zero-order valence-electron chi connectivity index (χ0n) is 17.4. The molecule has 30 heavy (non-hydrogen) atoms. The highest BCUT2D eigenvalue weighted by atomic mass is 79.9. The minimum atomic E-state index is -0.226. The third-order valence-electron chi connectivity index (χ3n) is 4.85. The first-order valence-corrected chi connectivity index (χ1v) is 10.7. The van der Waals surface area contributed by atoms with Crippen LogP contribution in [0.1, 0.15) is 34.2 Å². The van der Waals surface area contributed by atoms with Crippen LogP contribution in [0.25, 0.3) is 0 Å². The molecule has 3 rings (SSSR count). The van der Waals surface area contributed by atoms with Crippen molar-refractivity contribution in [1.82, 2.24) is 15.1 Å². The van der Waals surface area contributed by atoms with E-state index in [1.54, 1.807) is 6.07 Å². The van der Waals surface area contributed by atoms with Crippen molar-refractivity contribution in [3.8, 4) is 0 Å². The van der Waals surface area contributed by atoms with Gasteiger partial charge in [0.2, 0.25) is 5.96 Å². The number of benzene rings is 2. The molecule has 0 aliphatic rings. The number of anilines is 1. The number of aliphatic imine (C=N–C) groups is 1. The van der Waals surface area contributed by atoms with Gasteiger partial charge in [-0.1, -0.05) is 30.3 Å². The Morgan fingerprint density at radius 1 is 1.10 bits per heavy atom. The molecule has 0 saturated carbocycles. The second-order valence-corrected chi connectivity index (χ2v) is 7.72. The third-order valence-corrected chi connectivity index (χ3v) is 5.54. The van der Waals surface area contributed by atoms with Crippen molar-refractivity contribution >= 4 is 33.5 Å². The number of amides is 1. The topological polar surface area (TPSA) is 71.3 Å². The first-order valence-electron chi connectivity index (χ1n) is 9.95. The van der Waals surface area contributed by atoms with Crippen LogP contribution in [0, 0.1) is 13.8 Å². The molecule has 156 valence electrons. The molecule has 2 N–H and O–H groups in total. The summed E-state index contributed by atoms with van der Waals surface area (Å²) in [6, 6.07) is 17.0. The van der Waals surface area contributed by atoms with E-state index in [1.165, 1.54) is 11.3 Å². The fourth-order valence-electron chi connectivity index (χ4n) is 3.27. The van der Waals surface area contributed by atoms with Gasteiger partial charge in [0, 0.05) is 28.9 Å². The molecule has 7 heteroatoms. The van der Waals surface area contributed by atoms with E-state index >= 15 is 0 Å². The Morgan fingerprint density at radius 3 is 2.47 bits per heavy atom. The number of aryl methyl sites for hydroxylation is 2. The maximum Gasteiger partial charge on any atom is 0.259 e. The van der Waals surface area contributed by atoms with E-state index in [-0.39, 0.29) is 5.91 Å². The lowest BCUT2D eigenvalue weighted by molar-refractivity contribution is 0.0976. The van der Waals surface area contributed by atoms with Crippen LogP contribution in [0.15, 0.2) is 64.1 Å². The van der Waals surface area contributed by atoms with Crippen LogP contribution in [0.4, 0.5) is 5.69 Å². The van der Waals surface area contributed by atoms with E-state index < -0.39 is 0 Å². The highest BCUT2D eigenvalue weighted by Crippen LogP contribution is 2.16. The van der Waals surface area contributed by atoms with Crippen molar-refractivity contribution in [2.24, 2.45) is 4.99 Å². The van der Waals surface area contributed by atoms with Gasteiger partial charge in [-0.3, -0.25) is 19.8 Å². The Kier molecular flexibility index (Phi) is 7.41. The molecule has 1 amide bonds. The standard InChI is InChI=1S/C23H26BrN5O/c1-4-29-17(3)19(16(2)28-29)14-15-25-23(26-18-10-6-5-7-11-18)27-22(30)20-12-8-9-13-21(20)24/h5-13H,4,14-15H2,1-3H3,(H2,25,26,27,30). The molecule has 0 saturated heterocycles. The quantitative estimate of drug-likeness (QED) is 0.406. The van der Waals surface area contributed by atoms with E-state index in [0.29, 0.717) is 18.1 Å². The Hall–Kier alpha value is -2.93. The average molecular weight is 468 g/mol. The molecule has 1 aromatic heterocycles. The zero-order chi connectivity index (χ0) is 21.5. The second kappa shape index (κ2) is 10.2. The minimum absolute atomic E-state index is 0.226. The molecule has 0 atom stereocenters. The number of nitrogens with one attached hydrogen (secondary N) is 2. The largest absolute Gasteiger partial charge is 0.326 e. The van der Waals surface area contributed by atoms with Crippen LogP contribution in [0.3, 0.4) is 0 Å². The number of carbonyl (C=O) groups is 1. The fraction of sp³-hybridized carbons (Fsp3) is 0.261. The zero-order valence-corrected chi connectivity index (χ0v) is 19.0. The van der Waals surface area contributed by atoms with Gasteiger partial charge in [0.1, 0.15) is 0 Å². The number of rotatable bonds is 6. The van der Waals surface area contributed by atoms with E-state index in [4.69, 9.17) is 0 Å². The maximum absolute atomic E-state index is 12.8. The van der Waals surface area contributed by atoms with Crippen LogP contribution in [0.5, 0.6) is 0 Å². The lowest BCUT2D eigenvalue weighted by Crippen LogP contribution is -2.36. The van der Waals surface area contributed by atoms with Crippen LogP contribution in [-0.4, -0.2) is 28.2 Å². The predicted octanol–water partition coefficient (Wildman–Crippen LogP) is 4.72. The van der Waals surface area contributed by atoms with Crippen molar-refractivity contribution in [1.29, 1.82) is 0 Å². The Balaban J connectivity index is 1.78.